The van der Waals surface area contributed by atoms with Crippen LogP contribution >= 0.6 is 0 Å². The summed E-state index contributed by atoms with van der Waals surface area (Å²) >= 11 is 0. The van der Waals surface area contributed by atoms with Crippen molar-refractivity contribution in [1.82, 2.24) is 0 Å². The minimum atomic E-state index is -2.66. The molecular weight excluding hydrogens is 192 g/mol. The molecule has 82 valence electrons. The summed E-state index contributed by atoms with van der Waals surface area (Å²) in [5.74, 6) is -4.23. The van der Waals surface area contributed by atoms with Gasteiger partial charge < -0.3 is 15.2 Å². The minimum absolute atomic E-state index is 0.0124. The van der Waals surface area contributed by atoms with Gasteiger partial charge in [0.1, 0.15) is 0 Å². The van der Waals surface area contributed by atoms with Gasteiger partial charge in [0.25, 0.3) is 5.92 Å². The van der Waals surface area contributed by atoms with Crippen molar-refractivity contribution in [3.05, 3.63) is 0 Å². The van der Waals surface area contributed by atoms with E-state index >= 15 is 0 Å². The zero-order valence-electron chi connectivity index (χ0n) is 7.97. The lowest BCUT2D eigenvalue weighted by Gasteiger charge is -2.40. The summed E-state index contributed by atoms with van der Waals surface area (Å²) < 4.78 is 37.4. The Kier molecular flexibility index (Phi) is 2.49. The molecule has 2 aliphatic rings. The van der Waals surface area contributed by atoms with Crippen molar-refractivity contribution in [2.75, 3.05) is 19.8 Å². The second-order valence-corrected chi connectivity index (χ2v) is 4.01. The van der Waals surface area contributed by atoms with Crippen LogP contribution in [0.5, 0.6) is 0 Å². The zero-order valence-corrected chi connectivity index (χ0v) is 7.97. The van der Waals surface area contributed by atoms with E-state index < -0.39 is 17.6 Å². The van der Waals surface area contributed by atoms with Crippen molar-refractivity contribution in [3.63, 3.8) is 0 Å². The van der Waals surface area contributed by atoms with Crippen LogP contribution in [0.4, 0.5) is 8.78 Å². The van der Waals surface area contributed by atoms with E-state index in [1.54, 1.807) is 0 Å². The van der Waals surface area contributed by atoms with Crippen LogP contribution in [0.1, 0.15) is 19.3 Å². The molecule has 0 aromatic heterocycles. The van der Waals surface area contributed by atoms with Gasteiger partial charge in [-0.3, -0.25) is 0 Å². The maximum atomic E-state index is 13.3. The average molecular weight is 207 g/mol. The number of rotatable bonds is 1. The van der Waals surface area contributed by atoms with Crippen LogP contribution in [-0.2, 0) is 9.47 Å². The molecule has 1 saturated heterocycles. The van der Waals surface area contributed by atoms with Gasteiger partial charge in [-0.15, -0.1) is 0 Å². The molecule has 0 amide bonds. The van der Waals surface area contributed by atoms with Gasteiger partial charge in [-0.1, -0.05) is 0 Å². The van der Waals surface area contributed by atoms with E-state index in [0.29, 0.717) is 13.2 Å². The summed E-state index contributed by atoms with van der Waals surface area (Å²) in [7, 11) is 0. The van der Waals surface area contributed by atoms with Gasteiger partial charge in [0.05, 0.1) is 13.2 Å². The molecule has 0 radical (unpaired) electrons. The van der Waals surface area contributed by atoms with Crippen molar-refractivity contribution in [2.45, 2.75) is 31.0 Å². The first-order chi connectivity index (χ1) is 6.58. The zero-order chi connectivity index (χ0) is 10.2. The Labute approximate surface area is 81.5 Å². The number of alkyl halides is 2. The van der Waals surface area contributed by atoms with E-state index in [0.717, 1.165) is 0 Å². The molecule has 0 aromatic rings. The third kappa shape index (κ3) is 1.64. The third-order valence-electron chi connectivity index (χ3n) is 3.09. The molecule has 0 bridgehead atoms. The summed E-state index contributed by atoms with van der Waals surface area (Å²) in [4.78, 5) is 0. The molecule has 1 atom stereocenters. The Morgan fingerprint density at radius 3 is 2.43 bits per heavy atom. The SMILES string of the molecule is NC[C@H]1CC2(CCC1(F)F)OCCO2. The number of halogens is 2. The highest BCUT2D eigenvalue weighted by atomic mass is 19.3. The number of nitrogens with two attached hydrogens (primary N) is 1. The van der Waals surface area contributed by atoms with Gasteiger partial charge in [-0.05, 0) is 0 Å². The first kappa shape index (κ1) is 10.3. The fourth-order valence-corrected chi connectivity index (χ4v) is 2.20. The van der Waals surface area contributed by atoms with Crippen LogP contribution in [0.2, 0.25) is 0 Å². The predicted octanol–water partition coefficient (Wildman–Crippen LogP) is 1.12. The molecule has 1 saturated carbocycles. The smallest absolute Gasteiger partial charge is 0.252 e. The van der Waals surface area contributed by atoms with Crippen LogP contribution in [0.15, 0.2) is 0 Å². The van der Waals surface area contributed by atoms with E-state index in [2.05, 4.69) is 0 Å². The van der Waals surface area contributed by atoms with Gasteiger partial charge in [0.2, 0.25) is 0 Å². The summed E-state index contributed by atoms with van der Waals surface area (Å²) in [6, 6.07) is 0. The Bertz CT molecular complexity index is 217. The van der Waals surface area contributed by atoms with Gasteiger partial charge in [-0.2, -0.15) is 0 Å². The van der Waals surface area contributed by atoms with Crippen molar-refractivity contribution >= 4 is 0 Å². The highest BCUT2D eigenvalue weighted by Gasteiger charge is 2.52. The fourth-order valence-electron chi connectivity index (χ4n) is 2.20. The summed E-state index contributed by atoms with van der Waals surface area (Å²) in [6.45, 7) is 0.993. The van der Waals surface area contributed by atoms with Crippen LogP contribution in [-0.4, -0.2) is 31.5 Å². The highest BCUT2D eigenvalue weighted by Crippen LogP contribution is 2.45. The van der Waals surface area contributed by atoms with Crippen molar-refractivity contribution < 1.29 is 18.3 Å². The van der Waals surface area contributed by atoms with Crippen LogP contribution in [0, 0.1) is 5.92 Å². The van der Waals surface area contributed by atoms with Gasteiger partial charge in [0, 0.05) is 31.7 Å². The maximum absolute atomic E-state index is 13.3. The summed E-state index contributed by atoms with van der Waals surface area (Å²) in [6.07, 6.45) is 0.307. The van der Waals surface area contributed by atoms with Gasteiger partial charge in [-0.25, -0.2) is 8.78 Å². The molecule has 2 fully saturated rings. The first-order valence-corrected chi connectivity index (χ1v) is 4.94. The molecule has 0 unspecified atom stereocenters. The normalized spacial score (nSPS) is 34.9. The predicted molar refractivity (Wildman–Crippen MR) is 46.0 cm³/mol. The summed E-state index contributed by atoms with van der Waals surface area (Å²) in [5.41, 5.74) is 5.34. The Morgan fingerprint density at radius 2 is 1.86 bits per heavy atom. The lowest BCUT2D eigenvalue weighted by atomic mass is 9.81. The van der Waals surface area contributed by atoms with Crippen LogP contribution < -0.4 is 5.73 Å². The van der Waals surface area contributed by atoms with Crippen molar-refractivity contribution in [1.29, 1.82) is 0 Å². The molecule has 1 heterocycles. The second-order valence-electron chi connectivity index (χ2n) is 4.01. The molecule has 1 spiro atoms. The molecule has 2 rings (SSSR count). The van der Waals surface area contributed by atoms with Gasteiger partial charge >= 0.3 is 0 Å². The van der Waals surface area contributed by atoms with E-state index in [4.69, 9.17) is 15.2 Å². The molecule has 1 aliphatic carbocycles. The second kappa shape index (κ2) is 3.40. The third-order valence-corrected chi connectivity index (χ3v) is 3.09. The fraction of sp³-hybridized carbons (Fsp3) is 1.00. The number of hydrogen-bond acceptors (Lipinski definition) is 3. The van der Waals surface area contributed by atoms with Crippen LogP contribution in [0.25, 0.3) is 0 Å². The molecule has 1 aliphatic heterocycles. The van der Waals surface area contributed by atoms with E-state index in [1.807, 2.05) is 0 Å². The molecule has 3 nitrogen and oxygen atoms in total. The standard InChI is InChI=1S/C9H15F2NO2/c10-9(11)2-1-8(5-7(9)6-12)13-3-4-14-8/h7H,1-6,12H2/t7-/m1/s1. The average Bonchev–Trinajstić information content (AvgIpc) is 2.59. The van der Waals surface area contributed by atoms with Gasteiger partial charge in [0.15, 0.2) is 5.79 Å². The van der Waals surface area contributed by atoms with E-state index in [-0.39, 0.29) is 25.8 Å². The van der Waals surface area contributed by atoms with Crippen molar-refractivity contribution in [3.8, 4) is 0 Å². The lowest BCUT2D eigenvalue weighted by Crippen LogP contribution is -2.48. The molecular formula is C9H15F2NO2. The topological polar surface area (TPSA) is 44.5 Å². The quantitative estimate of drug-likeness (QED) is 0.700. The Hall–Kier alpha value is -0.260. The number of hydrogen-bond donors (Lipinski definition) is 1. The highest BCUT2D eigenvalue weighted by molar-refractivity contribution is 4.92. The largest absolute Gasteiger partial charge is 0.348 e. The Balaban J connectivity index is 2.08. The molecule has 0 aromatic carbocycles. The molecule has 14 heavy (non-hydrogen) atoms. The first-order valence-electron chi connectivity index (χ1n) is 4.94. The monoisotopic (exact) mass is 207 g/mol. The summed E-state index contributed by atoms with van der Waals surface area (Å²) in [5, 5.41) is 0. The Morgan fingerprint density at radius 1 is 1.21 bits per heavy atom. The lowest BCUT2D eigenvalue weighted by molar-refractivity contribution is -0.230. The molecule has 2 N–H and O–H groups in total. The maximum Gasteiger partial charge on any atom is 0.252 e. The minimum Gasteiger partial charge on any atom is -0.348 e. The van der Waals surface area contributed by atoms with Crippen molar-refractivity contribution in [2.24, 2.45) is 11.7 Å². The molecule has 5 heteroatoms. The van der Waals surface area contributed by atoms with E-state index in [9.17, 15) is 8.78 Å². The number of ether oxygens (including phenoxy) is 2. The van der Waals surface area contributed by atoms with Crippen LogP contribution in [0.3, 0.4) is 0 Å². The van der Waals surface area contributed by atoms with E-state index in [1.165, 1.54) is 0 Å².